The number of nitrogen functional groups attached to an aromatic ring is 1. The Morgan fingerprint density at radius 2 is 2.14 bits per heavy atom. The van der Waals surface area contributed by atoms with E-state index in [1.165, 1.54) is 19.3 Å². The highest BCUT2D eigenvalue weighted by molar-refractivity contribution is 5.83. The minimum Gasteiger partial charge on any atom is -0.487 e. The number of carbonyl (C=O) groups is 1. The van der Waals surface area contributed by atoms with Crippen LogP contribution < -0.4 is 20.7 Å². The van der Waals surface area contributed by atoms with Gasteiger partial charge in [-0.1, -0.05) is 19.3 Å². The smallest absolute Gasteiger partial charge is 0.239 e. The maximum Gasteiger partial charge on any atom is 0.239 e. The Bertz CT molecular complexity index is 541. The molecule has 0 saturated heterocycles. The summed E-state index contributed by atoms with van der Waals surface area (Å²) in [5.41, 5.74) is 7.48. The van der Waals surface area contributed by atoms with E-state index in [4.69, 9.17) is 10.5 Å². The number of benzene rings is 1. The largest absolute Gasteiger partial charge is 0.487 e. The van der Waals surface area contributed by atoms with Gasteiger partial charge in [0.2, 0.25) is 5.91 Å². The van der Waals surface area contributed by atoms with Gasteiger partial charge in [0.1, 0.15) is 11.9 Å². The van der Waals surface area contributed by atoms with Gasteiger partial charge in [-0.25, -0.2) is 0 Å². The SMILES string of the molecule is CC1CN(CC(=O)NC2CCCCC2)c2cc(N)ccc2O1. The van der Waals surface area contributed by atoms with Crippen molar-refractivity contribution in [3.8, 4) is 5.75 Å². The van der Waals surface area contributed by atoms with Crippen molar-refractivity contribution in [2.75, 3.05) is 23.7 Å². The molecule has 1 atom stereocenters. The minimum absolute atomic E-state index is 0.0682. The minimum atomic E-state index is 0.0682. The lowest BCUT2D eigenvalue weighted by molar-refractivity contribution is -0.120. The van der Waals surface area contributed by atoms with Crippen LogP contribution in [0.4, 0.5) is 11.4 Å². The monoisotopic (exact) mass is 303 g/mol. The summed E-state index contributed by atoms with van der Waals surface area (Å²) in [5, 5.41) is 3.17. The number of hydrogen-bond acceptors (Lipinski definition) is 4. The van der Waals surface area contributed by atoms with E-state index in [9.17, 15) is 4.79 Å². The summed E-state index contributed by atoms with van der Waals surface area (Å²) in [6.07, 6.45) is 6.01. The van der Waals surface area contributed by atoms with E-state index in [0.29, 0.717) is 24.8 Å². The van der Waals surface area contributed by atoms with Crippen LogP contribution in [0.3, 0.4) is 0 Å². The van der Waals surface area contributed by atoms with Gasteiger partial charge in [-0.2, -0.15) is 0 Å². The molecular weight excluding hydrogens is 278 g/mol. The van der Waals surface area contributed by atoms with Gasteiger partial charge < -0.3 is 20.7 Å². The van der Waals surface area contributed by atoms with Gasteiger partial charge in [-0.3, -0.25) is 4.79 Å². The fourth-order valence-electron chi connectivity index (χ4n) is 3.39. The first-order valence-corrected chi connectivity index (χ1v) is 8.22. The zero-order chi connectivity index (χ0) is 15.5. The number of nitrogens with zero attached hydrogens (tertiary/aromatic N) is 1. The zero-order valence-corrected chi connectivity index (χ0v) is 13.2. The van der Waals surface area contributed by atoms with Crippen LogP contribution in [0.5, 0.6) is 5.75 Å². The second-order valence-corrected chi connectivity index (χ2v) is 6.44. The van der Waals surface area contributed by atoms with E-state index < -0.39 is 0 Å². The van der Waals surface area contributed by atoms with Crippen LogP contribution in [0.1, 0.15) is 39.0 Å². The molecule has 3 N–H and O–H groups in total. The molecule has 5 heteroatoms. The van der Waals surface area contributed by atoms with Gasteiger partial charge in [-0.15, -0.1) is 0 Å². The summed E-state index contributed by atoms with van der Waals surface area (Å²) >= 11 is 0. The summed E-state index contributed by atoms with van der Waals surface area (Å²) < 4.78 is 5.82. The van der Waals surface area contributed by atoms with Crippen molar-refractivity contribution >= 4 is 17.3 Å². The van der Waals surface area contributed by atoms with Crippen LogP contribution >= 0.6 is 0 Å². The Morgan fingerprint density at radius 3 is 2.91 bits per heavy atom. The van der Waals surface area contributed by atoms with Crippen molar-refractivity contribution < 1.29 is 9.53 Å². The number of hydrogen-bond donors (Lipinski definition) is 2. The molecule has 1 fully saturated rings. The van der Waals surface area contributed by atoms with E-state index in [0.717, 1.165) is 24.3 Å². The first-order chi connectivity index (χ1) is 10.6. The molecule has 0 spiro atoms. The van der Waals surface area contributed by atoms with Crippen LogP contribution in [0.15, 0.2) is 18.2 Å². The first kappa shape index (κ1) is 15.0. The predicted molar refractivity (Wildman–Crippen MR) is 88.2 cm³/mol. The molecule has 0 bridgehead atoms. The molecule has 1 aromatic carbocycles. The topological polar surface area (TPSA) is 67.6 Å². The van der Waals surface area contributed by atoms with Crippen LogP contribution in [0.25, 0.3) is 0 Å². The predicted octanol–water partition coefficient (Wildman–Crippen LogP) is 2.30. The molecule has 120 valence electrons. The molecule has 22 heavy (non-hydrogen) atoms. The number of amides is 1. The Morgan fingerprint density at radius 1 is 1.36 bits per heavy atom. The Balaban J connectivity index is 1.66. The van der Waals surface area contributed by atoms with Crippen molar-refractivity contribution in [3.63, 3.8) is 0 Å². The fraction of sp³-hybridized carbons (Fsp3) is 0.588. The van der Waals surface area contributed by atoms with E-state index in [-0.39, 0.29) is 12.0 Å². The van der Waals surface area contributed by atoms with Gasteiger partial charge in [-0.05, 0) is 38.0 Å². The first-order valence-electron chi connectivity index (χ1n) is 8.22. The standard InChI is InChI=1S/C17H25N3O2/c1-12-10-20(15-9-13(18)7-8-16(15)22-12)11-17(21)19-14-5-3-2-4-6-14/h7-9,12,14H,2-6,10-11,18H2,1H3,(H,19,21). The summed E-state index contributed by atoms with van der Waals surface area (Å²) in [6.45, 7) is 3.08. The molecule has 0 radical (unpaired) electrons. The van der Waals surface area contributed by atoms with Gasteiger partial charge >= 0.3 is 0 Å². The van der Waals surface area contributed by atoms with Crippen LogP contribution in [-0.4, -0.2) is 31.1 Å². The molecule has 1 amide bonds. The van der Waals surface area contributed by atoms with E-state index in [2.05, 4.69) is 10.2 Å². The molecule has 1 unspecified atom stereocenters. The van der Waals surface area contributed by atoms with Crippen LogP contribution in [-0.2, 0) is 4.79 Å². The van der Waals surface area contributed by atoms with E-state index >= 15 is 0 Å². The number of anilines is 2. The molecule has 3 rings (SSSR count). The van der Waals surface area contributed by atoms with Crippen molar-refractivity contribution in [2.45, 2.75) is 51.2 Å². The molecular formula is C17H25N3O2. The Kier molecular flexibility index (Phi) is 4.41. The van der Waals surface area contributed by atoms with Gasteiger partial charge in [0.05, 0.1) is 18.8 Å². The lowest BCUT2D eigenvalue weighted by atomic mass is 9.95. The highest BCUT2D eigenvalue weighted by Crippen LogP contribution is 2.34. The van der Waals surface area contributed by atoms with E-state index in [1.807, 2.05) is 25.1 Å². The summed E-state index contributed by atoms with van der Waals surface area (Å²) in [4.78, 5) is 14.4. The van der Waals surface area contributed by atoms with Gasteiger partial charge in [0.15, 0.2) is 0 Å². The second kappa shape index (κ2) is 6.46. The highest BCUT2D eigenvalue weighted by Gasteiger charge is 2.25. The maximum atomic E-state index is 12.4. The van der Waals surface area contributed by atoms with Gasteiger partial charge in [0.25, 0.3) is 0 Å². The van der Waals surface area contributed by atoms with Gasteiger partial charge in [0, 0.05) is 11.7 Å². The Labute approximate surface area is 131 Å². The molecule has 5 nitrogen and oxygen atoms in total. The quantitative estimate of drug-likeness (QED) is 0.841. The van der Waals surface area contributed by atoms with Crippen LogP contribution in [0, 0.1) is 0 Å². The number of carbonyl (C=O) groups excluding carboxylic acids is 1. The van der Waals surface area contributed by atoms with E-state index in [1.54, 1.807) is 0 Å². The third-order valence-electron chi connectivity index (χ3n) is 4.43. The average Bonchev–Trinajstić information content (AvgIpc) is 2.49. The molecule has 1 aliphatic heterocycles. The normalized spacial score (nSPS) is 21.9. The molecule has 2 aliphatic rings. The van der Waals surface area contributed by atoms with Crippen molar-refractivity contribution in [2.24, 2.45) is 0 Å². The highest BCUT2D eigenvalue weighted by atomic mass is 16.5. The average molecular weight is 303 g/mol. The molecule has 1 aromatic rings. The fourth-order valence-corrected chi connectivity index (χ4v) is 3.39. The Hall–Kier alpha value is -1.91. The van der Waals surface area contributed by atoms with Crippen molar-refractivity contribution in [1.82, 2.24) is 5.32 Å². The number of rotatable bonds is 3. The summed E-state index contributed by atoms with van der Waals surface area (Å²) in [6, 6.07) is 5.94. The molecule has 0 aromatic heterocycles. The third-order valence-corrected chi connectivity index (χ3v) is 4.43. The summed E-state index contributed by atoms with van der Waals surface area (Å²) in [5.74, 6) is 0.896. The third kappa shape index (κ3) is 3.46. The summed E-state index contributed by atoms with van der Waals surface area (Å²) in [7, 11) is 0. The molecule has 1 saturated carbocycles. The number of fused-ring (bicyclic) bond motifs is 1. The van der Waals surface area contributed by atoms with Crippen molar-refractivity contribution in [1.29, 1.82) is 0 Å². The zero-order valence-electron chi connectivity index (χ0n) is 13.2. The van der Waals surface area contributed by atoms with Crippen molar-refractivity contribution in [3.05, 3.63) is 18.2 Å². The number of nitrogens with one attached hydrogen (secondary N) is 1. The molecule has 1 heterocycles. The second-order valence-electron chi connectivity index (χ2n) is 6.44. The maximum absolute atomic E-state index is 12.4. The lowest BCUT2D eigenvalue weighted by Gasteiger charge is -2.35. The number of nitrogens with two attached hydrogens (primary N) is 1. The van der Waals surface area contributed by atoms with Crippen LogP contribution in [0.2, 0.25) is 0 Å². The molecule has 1 aliphatic carbocycles. The number of ether oxygens (including phenoxy) is 1. The lowest BCUT2D eigenvalue weighted by Crippen LogP contribution is -2.46.